The van der Waals surface area contributed by atoms with E-state index in [1.54, 1.807) is 4.90 Å². The third-order valence-electron chi connectivity index (χ3n) is 3.28. The Morgan fingerprint density at radius 3 is 2.53 bits per heavy atom. The van der Waals surface area contributed by atoms with Gasteiger partial charge in [-0.05, 0) is 34.1 Å². The molecule has 5 nitrogen and oxygen atoms in total. The fourth-order valence-corrected chi connectivity index (χ4v) is 2.22. The van der Waals surface area contributed by atoms with Gasteiger partial charge in [0.15, 0.2) is 0 Å². The van der Waals surface area contributed by atoms with Crippen LogP contribution in [-0.2, 0) is 4.74 Å². The zero-order valence-corrected chi connectivity index (χ0v) is 12.8. The predicted octanol–water partition coefficient (Wildman–Crippen LogP) is 1.70. The zero-order valence-electron chi connectivity index (χ0n) is 12.8. The fraction of sp³-hybridized carbons (Fsp3) is 0.929. The summed E-state index contributed by atoms with van der Waals surface area (Å²) in [5, 5.41) is 9.68. The van der Waals surface area contributed by atoms with E-state index in [-0.39, 0.29) is 18.2 Å². The van der Waals surface area contributed by atoms with Crippen molar-refractivity contribution < 1.29 is 14.6 Å². The van der Waals surface area contributed by atoms with Crippen molar-refractivity contribution in [1.29, 1.82) is 0 Å². The summed E-state index contributed by atoms with van der Waals surface area (Å²) >= 11 is 0. The molecule has 112 valence electrons. The Morgan fingerprint density at radius 2 is 2.05 bits per heavy atom. The summed E-state index contributed by atoms with van der Waals surface area (Å²) in [6.45, 7) is 12.6. The van der Waals surface area contributed by atoms with Crippen molar-refractivity contribution in [3.63, 3.8) is 0 Å². The smallest absolute Gasteiger partial charge is 0.410 e. The van der Waals surface area contributed by atoms with Gasteiger partial charge in [0.2, 0.25) is 0 Å². The van der Waals surface area contributed by atoms with Crippen LogP contribution in [0.5, 0.6) is 0 Å². The van der Waals surface area contributed by atoms with Crippen LogP contribution in [0.3, 0.4) is 0 Å². The first-order chi connectivity index (χ1) is 8.73. The third-order valence-corrected chi connectivity index (χ3v) is 3.28. The molecule has 0 spiro atoms. The minimum Gasteiger partial charge on any atom is -0.444 e. The SMILES string of the molecule is CC[C@H](O)CN1CCN(C(=O)OC(C)(C)C)[C@H](C)C1. The molecule has 19 heavy (non-hydrogen) atoms. The molecule has 0 aromatic rings. The van der Waals surface area contributed by atoms with Gasteiger partial charge in [-0.25, -0.2) is 4.79 Å². The molecule has 1 N–H and O–H groups in total. The van der Waals surface area contributed by atoms with E-state index in [1.807, 2.05) is 34.6 Å². The summed E-state index contributed by atoms with van der Waals surface area (Å²) in [4.78, 5) is 16.0. The molecule has 0 saturated carbocycles. The maximum absolute atomic E-state index is 12.0. The van der Waals surface area contributed by atoms with E-state index < -0.39 is 5.60 Å². The van der Waals surface area contributed by atoms with Crippen LogP contribution >= 0.6 is 0 Å². The molecular weight excluding hydrogens is 244 g/mol. The Hall–Kier alpha value is -0.810. The minimum atomic E-state index is -0.452. The molecule has 2 atom stereocenters. The van der Waals surface area contributed by atoms with Gasteiger partial charge in [-0.2, -0.15) is 0 Å². The maximum atomic E-state index is 12.0. The number of piperazine rings is 1. The normalized spacial score (nSPS) is 23.3. The van der Waals surface area contributed by atoms with E-state index in [4.69, 9.17) is 4.74 Å². The average Bonchev–Trinajstić information content (AvgIpc) is 2.26. The number of hydrogen-bond donors (Lipinski definition) is 1. The standard InChI is InChI=1S/C14H28N2O3/c1-6-12(17)10-15-7-8-16(11(2)9-15)13(18)19-14(3,4)5/h11-12,17H,6-10H2,1-5H3/t11-,12+/m1/s1. The van der Waals surface area contributed by atoms with Crippen molar-refractivity contribution in [3.05, 3.63) is 0 Å². The molecule has 0 radical (unpaired) electrons. The van der Waals surface area contributed by atoms with Gasteiger partial charge in [-0.15, -0.1) is 0 Å². The highest BCUT2D eigenvalue weighted by molar-refractivity contribution is 5.68. The summed E-state index contributed by atoms with van der Waals surface area (Å²) in [5.41, 5.74) is -0.452. The topological polar surface area (TPSA) is 53.0 Å². The number of rotatable bonds is 3. The first kappa shape index (κ1) is 16.2. The summed E-state index contributed by atoms with van der Waals surface area (Å²) in [5.74, 6) is 0. The highest BCUT2D eigenvalue weighted by atomic mass is 16.6. The van der Waals surface area contributed by atoms with Gasteiger partial charge < -0.3 is 14.7 Å². The van der Waals surface area contributed by atoms with E-state index >= 15 is 0 Å². The molecule has 1 amide bonds. The Morgan fingerprint density at radius 1 is 1.42 bits per heavy atom. The van der Waals surface area contributed by atoms with Gasteiger partial charge in [0.05, 0.1) is 6.10 Å². The molecule has 5 heteroatoms. The van der Waals surface area contributed by atoms with Gasteiger partial charge in [0, 0.05) is 32.2 Å². The van der Waals surface area contributed by atoms with E-state index in [2.05, 4.69) is 4.90 Å². The number of aliphatic hydroxyl groups excluding tert-OH is 1. The van der Waals surface area contributed by atoms with Gasteiger partial charge in [0.1, 0.15) is 5.60 Å². The summed E-state index contributed by atoms with van der Waals surface area (Å²) in [7, 11) is 0. The van der Waals surface area contributed by atoms with Crippen LogP contribution in [0.4, 0.5) is 4.79 Å². The highest BCUT2D eigenvalue weighted by Crippen LogP contribution is 2.16. The molecule has 1 aliphatic rings. The zero-order chi connectivity index (χ0) is 14.6. The molecule has 1 saturated heterocycles. The van der Waals surface area contributed by atoms with Crippen LogP contribution in [-0.4, -0.2) is 64.9 Å². The maximum Gasteiger partial charge on any atom is 0.410 e. The first-order valence-corrected chi connectivity index (χ1v) is 7.13. The predicted molar refractivity (Wildman–Crippen MR) is 75.1 cm³/mol. The number of nitrogens with zero attached hydrogens (tertiary/aromatic N) is 2. The number of hydrogen-bond acceptors (Lipinski definition) is 4. The Labute approximate surface area is 116 Å². The quantitative estimate of drug-likeness (QED) is 0.849. The van der Waals surface area contributed by atoms with Crippen molar-refractivity contribution in [2.75, 3.05) is 26.2 Å². The second kappa shape index (κ2) is 6.57. The molecule has 1 rings (SSSR count). The van der Waals surface area contributed by atoms with E-state index in [0.717, 1.165) is 19.5 Å². The van der Waals surface area contributed by atoms with Gasteiger partial charge in [-0.3, -0.25) is 4.90 Å². The second-order valence-corrected chi connectivity index (χ2v) is 6.34. The van der Waals surface area contributed by atoms with Crippen LogP contribution in [0.2, 0.25) is 0 Å². The molecule has 0 aromatic heterocycles. The van der Waals surface area contributed by atoms with Crippen molar-refractivity contribution in [3.8, 4) is 0 Å². The van der Waals surface area contributed by atoms with Crippen molar-refractivity contribution in [2.45, 2.75) is 58.8 Å². The van der Waals surface area contributed by atoms with Gasteiger partial charge >= 0.3 is 6.09 Å². The number of amides is 1. The van der Waals surface area contributed by atoms with Crippen molar-refractivity contribution >= 4 is 6.09 Å². The second-order valence-electron chi connectivity index (χ2n) is 6.34. The molecule has 0 aromatic carbocycles. The number of ether oxygens (including phenoxy) is 1. The Kier molecular flexibility index (Phi) is 5.62. The van der Waals surface area contributed by atoms with Crippen LogP contribution in [0.1, 0.15) is 41.0 Å². The van der Waals surface area contributed by atoms with Crippen LogP contribution < -0.4 is 0 Å². The number of carbonyl (C=O) groups excluding carboxylic acids is 1. The lowest BCUT2D eigenvalue weighted by atomic mass is 10.1. The average molecular weight is 272 g/mol. The minimum absolute atomic E-state index is 0.118. The lowest BCUT2D eigenvalue weighted by Gasteiger charge is -2.40. The molecule has 0 bridgehead atoms. The van der Waals surface area contributed by atoms with Gasteiger partial charge in [-0.1, -0.05) is 6.92 Å². The number of β-amino-alcohol motifs (C(OH)–C–C–N with tert-alkyl or cyclic N) is 1. The number of carbonyl (C=O) groups is 1. The largest absolute Gasteiger partial charge is 0.444 e. The van der Waals surface area contributed by atoms with E-state index in [1.165, 1.54) is 0 Å². The lowest BCUT2D eigenvalue weighted by Crippen LogP contribution is -2.56. The summed E-state index contributed by atoms with van der Waals surface area (Å²) in [6.07, 6.45) is 0.247. The van der Waals surface area contributed by atoms with Crippen LogP contribution in [0.25, 0.3) is 0 Å². The van der Waals surface area contributed by atoms with Gasteiger partial charge in [0.25, 0.3) is 0 Å². The molecule has 1 heterocycles. The Bertz CT molecular complexity index is 302. The summed E-state index contributed by atoms with van der Waals surface area (Å²) in [6, 6.07) is 0.118. The fourth-order valence-electron chi connectivity index (χ4n) is 2.22. The molecule has 0 aliphatic carbocycles. The Balaban J connectivity index is 2.48. The first-order valence-electron chi connectivity index (χ1n) is 7.13. The molecule has 0 unspecified atom stereocenters. The molecular formula is C14H28N2O3. The van der Waals surface area contributed by atoms with Crippen LogP contribution in [0, 0.1) is 0 Å². The van der Waals surface area contributed by atoms with Crippen molar-refractivity contribution in [1.82, 2.24) is 9.80 Å². The van der Waals surface area contributed by atoms with E-state index in [9.17, 15) is 9.90 Å². The molecule has 1 aliphatic heterocycles. The molecule has 1 fully saturated rings. The summed E-state index contributed by atoms with van der Waals surface area (Å²) < 4.78 is 5.40. The monoisotopic (exact) mass is 272 g/mol. The highest BCUT2D eigenvalue weighted by Gasteiger charge is 2.31. The van der Waals surface area contributed by atoms with Crippen molar-refractivity contribution in [2.24, 2.45) is 0 Å². The van der Waals surface area contributed by atoms with Crippen LogP contribution in [0.15, 0.2) is 0 Å². The third kappa shape index (κ3) is 5.37. The lowest BCUT2D eigenvalue weighted by molar-refractivity contribution is -0.00420. The number of aliphatic hydroxyl groups is 1. The van der Waals surface area contributed by atoms with E-state index in [0.29, 0.717) is 13.1 Å².